The number of nitrogens with zero attached hydrogens (tertiary/aromatic N) is 1. The molecule has 1 aliphatic rings. The van der Waals surface area contributed by atoms with Gasteiger partial charge in [-0.05, 0) is 72.2 Å². The first-order valence-corrected chi connectivity index (χ1v) is 11.2. The summed E-state index contributed by atoms with van der Waals surface area (Å²) in [6, 6.07) is 18.7. The number of carbonyl (C=O) groups excluding carboxylic acids is 1. The van der Waals surface area contributed by atoms with Gasteiger partial charge in [-0.15, -0.1) is 0 Å². The minimum atomic E-state index is -0.933. The predicted octanol–water partition coefficient (Wildman–Crippen LogP) is 6.63. The highest BCUT2D eigenvalue weighted by molar-refractivity contribution is 6.35. The third kappa shape index (κ3) is 3.41. The highest BCUT2D eigenvalue weighted by Crippen LogP contribution is 2.44. The van der Waals surface area contributed by atoms with Crippen molar-refractivity contribution in [1.82, 2.24) is 4.40 Å². The van der Waals surface area contributed by atoms with E-state index in [0.717, 1.165) is 40.6 Å². The van der Waals surface area contributed by atoms with Gasteiger partial charge in [-0.2, -0.15) is 0 Å². The van der Waals surface area contributed by atoms with Crippen LogP contribution in [0.25, 0.3) is 16.6 Å². The van der Waals surface area contributed by atoms with E-state index in [-0.39, 0.29) is 5.78 Å². The summed E-state index contributed by atoms with van der Waals surface area (Å²) < 4.78 is 1.90. The molecular weight excluding hydrogens is 422 g/mol. The number of hydrogen-bond donors (Lipinski definition) is 1. The van der Waals surface area contributed by atoms with Crippen molar-refractivity contribution < 1.29 is 14.7 Å². The van der Waals surface area contributed by atoms with Crippen molar-refractivity contribution in [3.8, 4) is 11.1 Å². The van der Waals surface area contributed by atoms with Crippen molar-refractivity contribution in [2.75, 3.05) is 0 Å². The Kier molecular flexibility index (Phi) is 5.10. The molecule has 0 saturated heterocycles. The van der Waals surface area contributed by atoms with Gasteiger partial charge in [0.25, 0.3) is 0 Å². The second-order valence-corrected chi connectivity index (χ2v) is 8.64. The second kappa shape index (κ2) is 7.95. The molecule has 32 heavy (non-hydrogen) atoms. The number of aromatic carboxylic acids is 1. The lowest BCUT2D eigenvalue weighted by Crippen LogP contribution is -2.08. The van der Waals surface area contributed by atoms with Crippen LogP contribution < -0.4 is 0 Å². The molecule has 1 saturated carbocycles. The van der Waals surface area contributed by atoms with E-state index in [0.29, 0.717) is 34.2 Å². The number of carboxylic acids is 1. The van der Waals surface area contributed by atoms with Crippen molar-refractivity contribution in [2.24, 2.45) is 0 Å². The average molecular weight is 444 g/mol. The summed E-state index contributed by atoms with van der Waals surface area (Å²) in [5.74, 6) is -0.630. The Hall–Kier alpha value is -3.37. The molecule has 0 amide bonds. The van der Waals surface area contributed by atoms with E-state index in [9.17, 15) is 14.7 Å². The zero-order valence-corrected chi connectivity index (χ0v) is 18.4. The number of carboxylic acid groups (broad SMARTS) is 1. The molecule has 0 unspecified atom stereocenters. The normalized spacial score (nSPS) is 13.4. The fraction of sp³-hybridized carbons (Fsp3) is 0.185. The monoisotopic (exact) mass is 443 g/mol. The van der Waals surface area contributed by atoms with Gasteiger partial charge in [-0.1, -0.05) is 48.9 Å². The van der Waals surface area contributed by atoms with Crippen LogP contribution in [-0.4, -0.2) is 21.3 Å². The van der Waals surface area contributed by atoms with E-state index in [2.05, 4.69) is 0 Å². The summed E-state index contributed by atoms with van der Waals surface area (Å²) in [7, 11) is 0. The van der Waals surface area contributed by atoms with E-state index >= 15 is 0 Å². The third-order valence-electron chi connectivity index (χ3n) is 6.23. The molecule has 2 aromatic heterocycles. The maximum absolute atomic E-state index is 13.8. The van der Waals surface area contributed by atoms with Gasteiger partial charge >= 0.3 is 5.97 Å². The lowest BCUT2D eigenvalue weighted by Gasteiger charge is -2.10. The molecule has 4 aromatic rings. The highest BCUT2D eigenvalue weighted by atomic mass is 35.5. The van der Waals surface area contributed by atoms with E-state index in [1.54, 1.807) is 12.1 Å². The van der Waals surface area contributed by atoms with Crippen LogP contribution in [-0.2, 0) is 6.42 Å². The fourth-order valence-corrected chi connectivity index (χ4v) is 4.73. The molecule has 5 rings (SSSR count). The molecule has 2 aromatic carbocycles. The SMILES string of the molecule is CCc1cc(-c2cc(C(=O)c3c(Cl)cccc3C3CC3)n3ccccc23)ccc1C(=O)O. The smallest absolute Gasteiger partial charge is 0.335 e. The molecule has 1 aliphatic carbocycles. The van der Waals surface area contributed by atoms with Crippen LogP contribution in [0, 0.1) is 0 Å². The number of carbonyl (C=O) groups is 2. The Labute approximate surface area is 191 Å². The van der Waals surface area contributed by atoms with Gasteiger partial charge in [0, 0.05) is 17.3 Å². The first-order chi connectivity index (χ1) is 15.5. The van der Waals surface area contributed by atoms with Crippen molar-refractivity contribution in [3.63, 3.8) is 0 Å². The second-order valence-electron chi connectivity index (χ2n) is 8.24. The maximum atomic E-state index is 13.8. The molecule has 160 valence electrons. The molecular formula is C27H22ClNO3. The first kappa shape index (κ1) is 20.5. The van der Waals surface area contributed by atoms with E-state index in [4.69, 9.17) is 11.6 Å². The Morgan fingerprint density at radius 2 is 1.88 bits per heavy atom. The molecule has 5 heteroatoms. The molecule has 0 atom stereocenters. The number of benzene rings is 2. The average Bonchev–Trinajstić information content (AvgIpc) is 3.58. The summed E-state index contributed by atoms with van der Waals surface area (Å²) in [6.07, 6.45) is 4.65. The minimum absolute atomic E-state index is 0.0946. The highest BCUT2D eigenvalue weighted by Gasteiger charge is 2.31. The molecule has 4 nitrogen and oxygen atoms in total. The van der Waals surface area contributed by atoms with Crippen LogP contribution in [0.1, 0.15) is 63.2 Å². The number of ketones is 1. The van der Waals surface area contributed by atoms with Gasteiger partial charge in [0.2, 0.25) is 5.78 Å². The van der Waals surface area contributed by atoms with Gasteiger partial charge < -0.3 is 9.51 Å². The summed E-state index contributed by atoms with van der Waals surface area (Å²) in [4.78, 5) is 25.3. The number of aryl methyl sites for hydroxylation is 1. The quantitative estimate of drug-likeness (QED) is 0.340. The van der Waals surface area contributed by atoms with Gasteiger partial charge in [0.05, 0.1) is 21.8 Å². The van der Waals surface area contributed by atoms with Crippen LogP contribution in [0.3, 0.4) is 0 Å². The number of rotatable bonds is 6. The molecule has 0 bridgehead atoms. The van der Waals surface area contributed by atoms with E-state index < -0.39 is 5.97 Å². The molecule has 0 spiro atoms. The number of aromatic nitrogens is 1. The van der Waals surface area contributed by atoms with E-state index in [1.807, 2.05) is 66.1 Å². The zero-order valence-electron chi connectivity index (χ0n) is 17.6. The topological polar surface area (TPSA) is 58.8 Å². The Bertz CT molecular complexity index is 1380. The summed E-state index contributed by atoms with van der Waals surface area (Å²) >= 11 is 6.52. The molecule has 2 heterocycles. The number of pyridine rings is 1. The summed E-state index contributed by atoms with van der Waals surface area (Å²) in [5.41, 5.74) is 5.89. The number of fused-ring (bicyclic) bond motifs is 1. The zero-order chi connectivity index (χ0) is 22.4. The van der Waals surface area contributed by atoms with Gasteiger partial charge in [0.15, 0.2) is 0 Å². The molecule has 0 aliphatic heterocycles. The van der Waals surface area contributed by atoms with Crippen LogP contribution in [0.4, 0.5) is 0 Å². The van der Waals surface area contributed by atoms with Crippen molar-refractivity contribution in [2.45, 2.75) is 32.1 Å². The Balaban J connectivity index is 1.69. The molecule has 1 N–H and O–H groups in total. The van der Waals surface area contributed by atoms with Gasteiger partial charge in [0.1, 0.15) is 0 Å². The largest absolute Gasteiger partial charge is 0.478 e. The summed E-state index contributed by atoms with van der Waals surface area (Å²) in [6.45, 7) is 1.94. The molecule has 0 radical (unpaired) electrons. The predicted molar refractivity (Wildman–Crippen MR) is 126 cm³/mol. The fourth-order valence-electron chi connectivity index (χ4n) is 4.46. The van der Waals surface area contributed by atoms with Gasteiger partial charge in [-0.3, -0.25) is 4.79 Å². The lowest BCUT2D eigenvalue weighted by atomic mass is 9.96. The third-order valence-corrected chi connectivity index (χ3v) is 6.54. The van der Waals surface area contributed by atoms with Crippen LogP contribution >= 0.6 is 11.6 Å². The number of halogens is 1. The van der Waals surface area contributed by atoms with E-state index in [1.165, 1.54) is 0 Å². The van der Waals surface area contributed by atoms with Crippen LogP contribution in [0.15, 0.2) is 66.9 Å². The minimum Gasteiger partial charge on any atom is -0.478 e. The van der Waals surface area contributed by atoms with Gasteiger partial charge in [-0.25, -0.2) is 4.79 Å². The Morgan fingerprint density at radius 3 is 2.59 bits per heavy atom. The first-order valence-electron chi connectivity index (χ1n) is 10.8. The van der Waals surface area contributed by atoms with Crippen LogP contribution in [0.5, 0.6) is 0 Å². The molecule has 1 fully saturated rings. The van der Waals surface area contributed by atoms with Crippen molar-refractivity contribution >= 4 is 28.9 Å². The Morgan fingerprint density at radius 1 is 1.06 bits per heavy atom. The van der Waals surface area contributed by atoms with Crippen molar-refractivity contribution in [3.05, 3.63) is 99.8 Å². The number of hydrogen-bond acceptors (Lipinski definition) is 2. The van der Waals surface area contributed by atoms with Crippen molar-refractivity contribution in [1.29, 1.82) is 0 Å². The standard InChI is InChI=1S/C27H22ClNO3/c1-2-16-14-18(11-12-20(16)27(31)32)21-15-24(29-13-4-3-8-23(21)29)26(30)25-19(17-9-10-17)6-5-7-22(25)28/h3-8,11-15,17H,2,9-10H2,1H3,(H,31,32). The lowest BCUT2D eigenvalue weighted by molar-refractivity contribution is 0.0695. The van der Waals surface area contributed by atoms with Crippen LogP contribution in [0.2, 0.25) is 5.02 Å². The summed E-state index contributed by atoms with van der Waals surface area (Å²) in [5, 5.41) is 9.95. The maximum Gasteiger partial charge on any atom is 0.335 e.